The standard InChI is InChI=1S/C13H24N2O/c1-4-7-14-9-11(2)10-15-8-5-6-12(3)13(15)16/h12,14H,2,4-10H2,1,3H3. The summed E-state index contributed by atoms with van der Waals surface area (Å²) in [6.45, 7) is 11.7. The minimum absolute atomic E-state index is 0.199. The number of likely N-dealkylation sites (tertiary alicyclic amines) is 1. The van der Waals surface area contributed by atoms with Crippen LogP contribution in [0.15, 0.2) is 12.2 Å². The summed E-state index contributed by atoms with van der Waals surface area (Å²) < 4.78 is 0. The van der Waals surface area contributed by atoms with Gasteiger partial charge >= 0.3 is 0 Å². The van der Waals surface area contributed by atoms with E-state index in [0.29, 0.717) is 5.91 Å². The van der Waals surface area contributed by atoms with Gasteiger partial charge in [0.25, 0.3) is 0 Å². The summed E-state index contributed by atoms with van der Waals surface area (Å²) in [6, 6.07) is 0. The Hall–Kier alpha value is -0.830. The second kappa shape index (κ2) is 6.69. The highest BCUT2D eigenvalue weighted by atomic mass is 16.2. The summed E-state index contributed by atoms with van der Waals surface area (Å²) in [5, 5.41) is 3.31. The Morgan fingerprint density at radius 1 is 1.62 bits per heavy atom. The number of rotatable bonds is 6. The number of carbonyl (C=O) groups excluding carboxylic acids is 1. The lowest BCUT2D eigenvalue weighted by Crippen LogP contribution is -2.42. The van der Waals surface area contributed by atoms with Crippen LogP contribution in [-0.4, -0.2) is 37.0 Å². The number of hydrogen-bond acceptors (Lipinski definition) is 2. The van der Waals surface area contributed by atoms with E-state index in [0.717, 1.165) is 51.0 Å². The Kier molecular flexibility index (Phi) is 5.53. The fraction of sp³-hybridized carbons (Fsp3) is 0.769. The first-order chi connectivity index (χ1) is 7.65. The van der Waals surface area contributed by atoms with Crippen LogP contribution in [0.25, 0.3) is 0 Å². The normalized spacial score (nSPS) is 21.2. The Labute approximate surface area is 98.9 Å². The van der Waals surface area contributed by atoms with Crippen LogP contribution in [0.2, 0.25) is 0 Å². The zero-order valence-electron chi connectivity index (χ0n) is 10.6. The molecule has 0 aromatic rings. The van der Waals surface area contributed by atoms with Gasteiger partial charge in [-0.3, -0.25) is 4.79 Å². The Morgan fingerprint density at radius 3 is 3.06 bits per heavy atom. The molecule has 0 saturated carbocycles. The molecule has 3 nitrogen and oxygen atoms in total. The first-order valence-electron chi connectivity index (χ1n) is 6.31. The lowest BCUT2D eigenvalue weighted by atomic mass is 9.99. The van der Waals surface area contributed by atoms with Gasteiger partial charge in [0.2, 0.25) is 5.91 Å². The second-order valence-corrected chi connectivity index (χ2v) is 4.73. The van der Waals surface area contributed by atoms with Crippen LogP contribution in [-0.2, 0) is 4.79 Å². The fourth-order valence-corrected chi connectivity index (χ4v) is 2.06. The third kappa shape index (κ3) is 3.97. The van der Waals surface area contributed by atoms with Crippen LogP contribution in [0.5, 0.6) is 0 Å². The molecule has 1 atom stereocenters. The molecule has 1 aliphatic heterocycles. The summed E-state index contributed by atoms with van der Waals surface area (Å²) in [4.78, 5) is 13.8. The van der Waals surface area contributed by atoms with E-state index >= 15 is 0 Å². The van der Waals surface area contributed by atoms with Crippen LogP contribution in [0.3, 0.4) is 0 Å². The summed E-state index contributed by atoms with van der Waals surface area (Å²) >= 11 is 0. The van der Waals surface area contributed by atoms with Crippen LogP contribution < -0.4 is 5.32 Å². The molecule has 92 valence electrons. The highest BCUT2D eigenvalue weighted by Crippen LogP contribution is 2.17. The van der Waals surface area contributed by atoms with Crippen molar-refractivity contribution in [2.75, 3.05) is 26.2 Å². The van der Waals surface area contributed by atoms with Gasteiger partial charge in [-0.15, -0.1) is 0 Å². The molecule has 0 bridgehead atoms. The van der Waals surface area contributed by atoms with Crippen LogP contribution in [0.4, 0.5) is 0 Å². The van der Waals surface area contributed by atoms with Gasteiger partial charge in [0.1, 0.15) is 0 Å². The van der Waals surface area contributed by atoms with Gasteiger partial charge in [-0.1, -0.05) is 20.4 Å². The molecule has 0 aromatic carbocycles. The molecule has 1 N–H and O–H groups in total. The molecule has 0 spiro atoms. The number of piperidine rings is 1. The average Bonchev–Trinajstić information content (AvgIpc) is 2.25. The number of nitrogens with zero attached hydrogens (tertiary/aromatic N) is 1. The monoisotopic (exact) mass is 224 g/mol. The molecule has 1 amide bonds. The molecule has 1 saturated heterocycles. The van der Waals surface area contributed by atoms with E-state index in [4.69, 9.17) is 0 Å². The summed E-state index contributed by atoms with van der Waals surface area (Å²) in [6.07, 6.45) is 3.30. The Bertz CT molecular complexity index is 250. The Morgan fingerprint density at radius 2 is 2.38 bits per heavy atom. The zero-order chi connectivity index (χ0) is 12.0. The fourth-order valence-electron chi connectivity index (χ4n) is 2.06. The number of carbonyl (C=O) groups is 1. The number of amides is 1. The van der Waals surface area contributed by atoms with Gasteiger partial charge in [-0.25, -0.2) is 0 Å². The molecule has 0 aromatic heterocycles. The largest absolute Gasteiger partial charge is 0.338 e. The van der Waals surface area contributed by atoms with E-state index in [1.807, 2.05) is 11.8 Å². The molecule has 16 heavy (non-hydrogen) atoms. The first kappa shape index (κ1) is 13.2. The van der Waals surface area contributed by atoms with Crippen molar-refractivity contribution in [2.24, 2.45) is 5.92 Å². The second-order valence-electron chi connectivity index (χ2n) is 4.73. The van der Waals surface area contributed by atoms with Crippen molar-refractivity contribution in [1.29, 1.82) is 0 Å². The summed E-state index contributed by atoms with van der Waals surface area (Å²) in [5.74, 6) is 0.494. The highest BCUT2D eigenvalue weighted by Gasteiger charge is 2.24. The smallest absolute Gasteiger partial charge is 0.225 e. The van der Waals surface area contributed by atoms with Crippen LogP contribution >= 0.6 is 0 Å². The van der Waals surface area contributed by atoms with Crippen LogP contribution in [0, 0.1) is 5.92 Å². The van der Waals surface area contributed by atoms with E-state index in [1.165, 1.54) is 0 Å². The maximum Gasteiger partial charge on any atom is 0.225 e. The maximum absolute atomic E-state index is 11.9. The van der Waals surface area contributed by atoms with Crippen LogP contribution in [0.1, 0.15) is 33.1 Å². The van der Waals surface area contributed by atoms with Gasteiger partial charge in [-0.05, 0) is 31.4 Å². The van der Waals surface area contributed by atoms with E-state index in [9.17, 15) is 4.79 Å². The molecule has 1 rings (SSSR count). The number of nitrogens with one attached hydrogen (secondary N) is 1. The third-order valence-electron chi connectivity index (χ3n) is 3.01. The van der Waals surface area contributed by atoms with Crippen molar-refractivity contribution in [3.8, 4) is 0 Å². The summed E-state index contributed by atoms with van der Waals surface area (Å²) in [5.41, 5.74) is 1.11. The van der Waals surface area contributed by atoms with E-state index < -0.39 is 0 Å². The van der Waals surface area contributed by atoms with Crippen molar-refractivity contribution < 1.29 is 4.79 Å². The lowest BCUT2D eigenvalue weighted by molar-refractivity contribution is -0.137. The molecule has 1 heterocycles. The molecular weight excluding hydrogens is 200 g/mol. The predicted octanol–water partition coefficient (Wildman–Crippen LogP) is 1.80. The molecule has 3 heteroatoms. The zero-order valence-corrected chi connectivity index (χ0v) is 10.6. The molecule has 1 aliphatic rings. The first-order valence-corrected chi connectivity index (χ1v) is 6.31. The SMILES string of the molecule is C=C(CNCCC)CN1CCCC(C)C1=O. The Balaban J connectivity index is 2.29. The molecule has 0 aliphatic carbocycles. The molecule has 1 unspecified atom stereocenters. The van der Waals surface area contributed by atoms with Gasteiger partial charge in [-0.2, -0.15) is 0 Å². The van der Waals surface area contributed by atoms with Gasteiger partial charge in [0.05, 0.1) is 0 Å². The van der Waals surface area contributed by atoms with Crippen molar-refractivity contribution >= 4 is 5.91 Å². The van der Waals surface area contributed by atoms with Crippen molar-refractivity contribution in [2.45, 2.75) is 33.1 Å². The van der Waals surface area contributed by atoms with Gasteiger partial charge in [0.15, 0.2) is 0 Å². The molecule has 1 fully saturated rings. The molecular formula is C13H24N2O. The quantitative estimate of drug-likeness (QED) is 0.551. The van der Waals surface area contributed by atoms with E-state index in [2.05, 4.69) is 18.8 Å². The average molecular weight is 224 g/mol. The predicted molar refractivity (Wildman–Crippen MR) is 67.3 cm³/mol. The lowest BCUT2D eigenvalue weighted by Gasteiger charge is -2.31. The van der Waals surface area contributed by atoms with Crippen molar-refractivity contribution in [1.82, 2.24) is 10.2 Å². The van der Waals surface area contributed by atoms with E-state index in [1.54, 1.807) is 0 Å². The minimum Gasteiger partial charge on any atom is -0.338 e. The van der Waals surface area contributed by atoms with E-state index in [-0.39, 0.29) is 5.92 Å². The van der Waals surface area contributed by atoms with Gasteiger partial charge < -0.3 is 10.2 Å². The minimum atomic E-state index is 0.199. The maximum atomic E-state index is 11.9. The third-order valence-corrected chi connectivity index (χ3v) is 3.01. The van der Waals surface area contributed by atoms with Crippen molar-refractivity contribution in [3.63, 3.8) is 0 Å². The topological polar surface area (TPSA) is 32.3 Å². The number of hydrogen-bond donors (Lipinski definition) is 1. The van der Waals surface area contributed by atoms with Crippen molar-refractivity contribution in [3.05, 3.63) is 12.2 Å². The van der Waals surface area contributed by atoms with Gasteiger partial charge in [0, 0.05) is 25.6 Å². The highest BCUT2D eigenvalue weighted by molar-refractivity contribution is 5.79. The molecule has 0 radical (unpaired) electrons. The summed E-state index contributed by atoms with van der Waals surface area (Å²) in [7, 11) is 0.